The van der Waals surface area contributed by atoms with Crippen LogP contribution < -0.4 is 0 Å². The third-order valence-corrected chi connectivity index (χ3v) is 3.77. The topological polar surface area (TPSA) is 57.5 Å². The second kappa shape index (κ2) is 6.01. The van der Waals surface area contributed by atoms with E-state index in [9.17, 15) is 9.90 Å². The summed E-state index contributed by atoms with van der Waals surface area (Å²) < 4.78 is 0. The molecular weight excluding hydrogens is 228 g/mol. The molecule has 3 nitrogen and oxygen atoms in total. The minimum Gasteiger partial charge on any atom is -0.481 e. The number of carboxylic acid groups (broad SMARTS) is 1. The van der Waals surface area contributed by atoms with Gasteiger partial charge in [0, 0.05) is 0 Å². The molecule has 2 N–H and O–H groups in total. The van der Waals surface area contributed by atoms with E-state index in [4.69, 9.17) is 5.11 Å². The van der Waals surface area contributed by atoms with E-state index in [1.165, 1.54) is 37.7 Å². The van der Waals surface area contributed by atoms with Crippen molar-refractivity contribution >= 4 is 5.97 Å². The van der Waals surface area contributed by atoms with Crippen LogP contribution >= 0.6 is 0 Å². The van der Waals surface area contributed by atoms with Crippen LogP contribution in [-0.4, -0.2) is 16.2 Å². The molecule has 18 heavy (non-hydrogen) atoms. The first-order valence-corrected chi connectivity index (χ1v) is 6.66. The molecule has 1 saturated carbocycles. The van der Waals surface area contributed by atoms with Crippen molar-refractivity contribution in [1.29, 1.82) is 0 Å². The summed E-state index contributed by atoms with van der Waals surface area (Å²) in [5.41, 5.74) is 2.01. The molecule has 0 aliphatic heterocycles. The lowest BCUT2D eigenvalue weighted by atomic mass is 9.84. The molecule has 1 fully saturated rings. The van der Waals surface area contributed by atoms with Gasteiger partial charge >= 0.3 is 5.97 Å². The molecular formula is C15H20O3. The number of aliphatic hydroxyl groups is 1. The normalized spacial score (nSPS) is 18.5. The largest absolute Gasteiger partial charge is 0.481 e. The predicted octanol–water partition coefficient (Wildman–Crippen LogP) is 3.24. The quantitative estimate of drug-likeness (QED) is 0.860. The van der Waals surface area contributed by atoms with Crippen LogP contribution in [-0.2, 0) is 4.79 Å². The van der Waals surface area contributed by atoms with Gasteiger partial charge in [0.25, 0.3) is 0 Å². The summed E-state index contributed by atoms with van der Waals surface area (Å²) in [6, 6.07) is 7.79. The summed E-state index contributed by atoms with van der Waals surface area (Å²) in [4.78, 5) is 10.5. The van der Waals surface area contributed by atoms with Crippen molar-refractivity contribution in [2.75, 3.05) is 0 Å². The summed E-state index contributed by atoms with van der Waals surface area (Å²) >= 11 is 0. The van der Waals surface area contributed by atoms with Crippen LogP contribution in [0.25, 0.3) is 0 Å². The maximum atomic E-state index is 10.5. The zero-order valence-corrected chi connectivity index (χ0v) is 10.5. The maximum absolute atomic E-state index is 10.5. The fourth-order valence-electron chi connectivity index (χ4n) is 2.71. The Balaban J connectivity index is 2.02. The van der Waals surface area contributed by atoms with Gasteiger partial charge in [-0.1, -0.05) is 43.5 Å². The van der Waals surface area contributed by atoms with E-state index in [0.717, 1.165) is 0 Å². The molecule has 0 heterocycles. The van der Waals surface area contributed by atoms with Crippen LogP contribution in [0.3, 0.4) is 0 Å². The monoisotopic (exact) mass is 248 g/mol. The minimum atomic E-state index is -0.973. The lowest BCUT2D eigenvalue weighted by Gasteiger charge is -2.22. The molecule has 1 aromatic rings. The molecule has 3 heteroatoms. The van der Waals surface area contributed by atoms with E-state index >= 15 is 0 Å². The van der Waals surface area contributed by atoms with Gasteiger partial charge in [-0.2, -0.15) is 0 Å². The maximum Gasteiger partial charge on any atom is 0.306 e. The molecule has 1 aliphatic carbocycles. The lowest BCUT2D eigenvalue weighted by molar-refractivity contribution is -0.139. The first kappa shape index (κ1) is 13.1. The average Bonchev–Trinajstić information content (AvgIpc) is 2.39. The zero-order valence-electron chi connectivity index (χ0n) is 10.5. The zero-order chi connectivity index (χ0) is 13.0. The molecule has 0 saturated heterocycles. The van der Waals surface area contributed by atoms with Crippen LogP contribution in [0.4, 0.5) is 0 Å². The Kier molecular flexibility index (Phi) is 4.37. The highest BCUT2D eigenvalue weighted by molar-refractivity contribution is 5.67. The molecule has 98 valence electrons. The number of aliphatic carboxylic acids is 1. The van der Waals surface area contributed by atoms with Crippen molar-refractivity contribution in [3.8, 4) is 0 Å². The molecule has 0 radical (unpaired) electrons. The molecule has 0 aromatic heterocycles. The van der Waals surface area contributed by atoms with E-state index in [1.807, 2.05) is 24.3 Å². The van der Waals surface area contributed by atoms with Gasteiger partial charge in [-0.25, -0.2) is 0 Å². The first-order chi connectivity index (χ1) is 8.66. The Hall–Kier alpha value is -1.35. The number of rotatable bonds is 4. The second-order valence-corrected chi connectivity index (χ2v) is 5.12. The average molecular weight is 248 g/mol. The van der Waals surface area contributed by atoms with Crippen LogP contribution in [0.2, 0.25) is 0 Å². The van der Waals surface area contributed by atoms with Gasteiger partial charge in [0.15, 0.2) is 0 Å². The van der Waals surface area contributed by atoms with Crippen molar-refractivity contribution in [2.45, 2.75) is 50.5 Å². The lowest BCUT2D eigenvalue weighted by Crippen LogP contribution is -2.07. The highest BCUT2D eigenvalue weighted by Crippen LogP contribution is 2.33. The highest BCUT2D eigenvalue weighted by Gasteiger charge is 2.16. The summed E-state index contributed by atoms with van der Waals surface area (Å²) in [6.45, 7) is 0. The van der Waals surface area contributed by atoms with E-state index in [0.29, 0.717) is 11.5 Å². The van der Waals surface area contributed by atoms with Crippen molar-refractivity contribution in [3.05, 3.63) is 35.4 Å². The standard InChI is InChI=1S/C15H20O3/c16-14(10-15(17)18)13-8-6-12(7-9-13)11-4-2-1-3-5-11/h6-9,11,14,16H,1-5,10H2,(H,17,18). The molecule has 0 bridgehead atoms. The smallest absolute Gasteiger partial charge is 0.306 e. The fourth-order valence-corrected chi connectivity index (χ4v) is 2.71. The van der Waals surface area contributed by atoms with Crippen molar-refractivity contribution in [1.82, 2.24) is 0 Å². The summed E-state index contributed by atoms with van der Waals surface area (Å²) in [5, 5.41) is 18.4. The number of aliphatic hydroxyl groups excluding tert-OH is 1. The van der Waals surface area contributed by atoms with Crippen molar-refractivity contribution in [2.24, 2.45) is 0 Å². The minimum absolute atomic E-state index is 0.233. The van der Waals surface area contributed by atoms with Crippen molar-refractivity contribution < 1.29 is 15.0 Å². The van der Waals surface area contributed by atoms with Crippen molar-refractivity contribution in [3.63, 3.8) is 0 Å². The molecule has 1 aliphatic rings. The molecule has 0 amide bonds. The third-order valence-electron chi connectivity index (χ3n) is 3.77. The highest BCUT2D eigenvalue weighted by atomic mass is 16.4. The Bertz CT molecular complexity index is 391. The fraction of sp³-hybridized carbons (Fsp3) is 0.533. The molecule has 2 rings (SSSR count). The SMILES string of the molecule is O=C(O)CC(O)c1ccc(C2CCCCC2)cc1. The van der Waals surface area contributed by atoms with E-state index < -0.39 is 12.1 Å². The summed E-state index contributed by atoms with van der Waals surface area (Å²) in [5.74, 6) is -0.330. The van der Waals surface area contributed by atoms with Gasteiger partial charge in [-0.3, -0.25) is 4.79 Å². The predicted molar refractivity (Wildman–Crippen MR) is 69.5 cm³/mol. The van der Waals surface area contributed by atoms with Crippen LogP contribution in [0.15, 0.2) is 24.3 Å². The van der Waals surface area contributed by atoms with Gasteiger partial charge < -0.3 is 10.2 Å². The second-order valence-electron chi connectivity index (χ2n) is 5.12. The number of carbonyl (C=O) groups is 1. The Labute approximate surface area is 107 Å². The molecule has 1 atom stereocenters. The number of hydrogen-bond donors (Lipinski definition) is 2. The Morgan fingerprint density at radius 1 is 1.17 bits per heavy atom. The van der Waals surface area contributed by atoms with Gasteiger partial charge in [-0.05, 0) is 29.9 Å². The van der Waals surface area contributed by atoms with Gasteiger partial charge in [0.1, 0.15) is 0 Å². The molecule has 1 unspecified atom stereocenters. The first-order valence-electron chi connectivity index (χ1n) is 6.66. The number of benzene rings is 1. The van der Waals surface area contributed by atoms with E-state index in [2.05, 4.69) is 0 Å². The summed E-state index contributed by atoms with van der Waals surface area (Å²) in [6.07, 6.45) is 5.30. The van der Waals surface area contributed by atoms with Crippen LogP contribution in [0.5, 0.6) is 0 Å². The van der Waals surface area contributed by atoms with Gasteiger partial charge in [0.2, 0.25) is 0 Å². The Morgan fingerprint density at radius 3 is 2.33 bits per heavy atom. The van der Waals surface area contributed by atoms with Gasteiger partial charge in [0.05, 0.1) is 12.5 Å². The third kappa shape index (κ3) is 3.33. The Morgan fingerprint density at radius 2 is 1.78 bits per heavy atom. The molecule has 1 aromatic carbocycles. The van der Waals surface area contributed by atoms with Gasteiger partial charge in [-0.15, -0.1) is 0 Å². The van der Waals surface area contributed by atoms with Crippen LogP contribution in [0, 0.1) is 0 Å². The number of carboxylic acids is 1. The van der Waals surface area contributed by atoms with Crippen LogP contribution in [0.1, 0.15) is 61.7 Å². The molecule has 0 spiro atoms. The van der Waals surface area contributed by atoms with E-state index in [-0.39, 0.29) is 6.42 Å². The summed E-state index contributed by atoms with van der Waals surface area (Å²) in [7, 11) is 0. The number of hydrogen-bond acceptors (Lipinski definition) is 2. The van der Waals surface area contributed by atoms with E-state index in [1.54, 1.807) is 0 Å².